The number of carbonyl (C=O) groups is 1. The zero-order chi connectivity index (χ0) is 15.4. The van der Waals surface area contributed by atoms with Crippen molar-refractivity contribution in [2.45, 2.75) is 26.4 Å². The van der Waals surface area contributed by atoms with Gasteiger partial charge in [0.25, 0.3) is 5.91 Å². The van der Waals surface area contributed by atoms with E-state index in [1.165, 1.54) is 0 Å². The van der Waals surface area contributed by atoms with Gasteiger partial charge in [-0.25, -0.2) is 0 Å². The van der Waals surface area contributed by atoms with Crippen molar-refractivity contribution in [2.75, 3.05) is 32.5 Å². The SMILES string of the molecule is CCOc1cc(N)cc(C(=O)N2CCC(C)C(OC)C2)c1. The van der Waals surface area contributed by atoms with Crippen molar-refractivity contribution in [1.82, 2.24) is 4.90 Å². The second-order valence-electron chi connectivity index (χ2n) is 5.52. The molecule has 1 saturated heterocycles. The van der Waals surface area contributed by atoms with Crippen LogP contribution in [0.2, 0.25) is 0 Å². The largest absolute Gasteiger partial charge is 0.494 e. The number of anilines is 1. The molecule has 0 aliphatic carbocycles. The van der Waals surface area contributed by atoms with Crippen LogP contribution in [0.3, 0.4) is 0 Å². The molecule has 1 heterocycles. The Morgan fingerprint density at radius 1 is 1.43 bits per heavy atom. The molecule has 5 nitrogen and oxygen atoms in total. The van der Waals surface area contributed by atoms with Gasteiger partial charge in [-0.05, 0) is 31.4 Å². The van der Waals surface area contributed by atoms with Gasteiger partial charge in [-0.1, -0.05) is 6.92 Å². The highest BCUT2D eigenvalue weighted by Crippen LogP contribution is 2.24. The second kappa shape index (κ2) is 6.80. The van der Waals surface area contributed by atoms with Gasteiger partial charge in [0.15, 0.2) is 0 Å². The lowest BCUT2D eigenvalue weighted by Gasteiger charge is -2.36. The average Bonchev–Trinajstić information content (AvgIpc) is 2.47. The lowest BCUT2D eigenvalue weighted by atomic mass is 9.95. The van der Waals surface area contributed by atoms with Crippen molar-refractivity contribution in [3.8, 4) is 5.75 Å². The normalized spacial score (nSPS) is 22.1. The number of nitrogen functional groups attached to an aromatic ring is 1. The number of benzene rings is 1. The van der Waals surface area contributed by atoms with Gasteiger partial charge in [0, 0.05) is 37.5 Å². The molecular formula is C16H24N2O3. The topological polar surface area (TPSA) is 64.8 Å². The van der Waals surface area contributed by atoms with E-state index in [4.69, 9.17) is 15.2 Å². The number of likely N-dealkylation sites (tertiary alicyclic amines) is 1. The molecule has 2 atom stereocenters. The lowest BCUT2D eigenvalue weighted by Crippen LogP contribution is -2.46. The van der Waals surface area contributed by atoms with Crippen molar-refractivity contribution in [2.24, 2.45) is 5.92 Å². The Balaban J connectivity index is 2.16. The number of ether oxygens (including phenoxy) is 2. The quantitative estimate of drug-likeness (QED) is 0.864. The van der Waals surface area contributed by atoms with Crippen LogP contribution in [-0.2, 0) is 4.74 Å². The summed E-state index contributed by atoms with van der Waals surface area (Å²) < 4.78 is 10.9. The maximum absolute atomic E-state index is 12.6. The molecule has 5 heteroatoms. The first-order chi connectivity index (χ1) is 10.0. The van der Waals surface area contributed by atoms with E-state index in [0.29, 0.717) is 36.1 Å². The molecule has 0 aromatic heterocycles. The zero-order valence-corrected chi connectivity index (χ0v) is 13.0. The number of piperidine rings is 1. The molecule has 0 saturated carbocycles. The highest BCUT2D eigenvalue weighted by molar-refractivity contribution is 5.95. The fourth-order valence-corrected chi connectivity index (χ4v) is 2.70. The number of hydrogen-bond donors (Lipinski definition) is 1. The first kappa shape index (κ1) is 15.6. The smallest absolute Gasteiger partial charge is 0.254 e. The summed E-state index contributed by atoms with van der Waals surface area (Å²) in [6, 6.07) is 5.18. The number of nitrogens with zero attached hydrogens (tertiary/aromatic N) is 1. The molecule has 2 N–H and O–H groups in total. The van der Waals surface area contributed by atoms with Crippen molar-refractivity contribution in [3.63, 3.8) is 0 Å². The molecule has 1 aliphatic heterocycles. The van der Waals surface area contributed by atoms with Gasteiger partial charge < -0.3 is 20.1 Å². The number of rotatable bonds is 4. The third kappa shape index (κ3) is 3.67. The van der Waals surface area contributed by atoms with E-state index in [1.54, 1.807) is 25.3 Å². The monoisotopic (exact) mass is 292 g/mol. The number of hydrogen-bond acceptors (Lipinski definition) is 4. The summed E-state index contributed by atoms with van der Waals surface area (Å²) in [6.07, 6.45) is 1.04. The Bertz CT molecular complexity index is 504. The van der Waals surface area contributed by atoms with Gasteiger partial charge in [0.2, 0.25) is 0 Å². The highest BCUT2D eigenvalue weighted by Gasteiger charge is 2.29. The van der Waals surface area contributed by atoms with Crippen LogP contribution in [0.5, 0.6) is 5.75 Å². The van der Waals surface area contributed by atoms with Crippen LogP contribution in [0.4, 0.5) is 5.69 Å². The van der Waals surface area contributed by atoms with Gasteiger partial charge >= 0.3 is 0 Å². The fourth-order valence-electron chi connectivity index (χ4n) is 2.70. The number of amides is 1. The van der Waals surface area contributed by atoms with Crippen LogP contribution in [0, 0.1) is 5.92 Å². The van der Waals surface area contributed by atoms with E-state index in [-0.39, 0.29) is 12.0 Å². The second-order valence-corrected chi connectivity index (χ2v) is 5.52. The first-order valence-corrected chi connectivity index (χ1v) is 7.40. The first-order valence-electron chi connectivity index (χ1n) is 7.40. The maximum atomic E-state index is 12.6. The van der Waals surface area contributed by atoms with E-state index >= 15 is 0 Å². The number of nitrogens with two attached hydrogens (primary N) is 1. The lowest BCUT2D eigenvalue weighted by molar-refractivity contribution is -0.00157. The molecule has 21 heavy (non-hydrogen) atoms. The van der Waals surface area contributed by atoms with Crippen LogP contribution < -0.4 is 10.5 Å². The van der Waals surface area contributed by atoms with Crippen molar-refractivity contribution < 1.29 is 14.3 Å². The zero-order valence-electron chi connectivity index (χ0n) is 13.0. The van der Waals surface area contributed by atoms with Crippen LogP contribution in [-0.4, -0.2) is 43.7 Å². The third-order valence-corrected chi connectivity index (χ3v) is 3.97. The Morgan fingerprint density at radius 3 is 2.86 bits per heavy atom. The Kier molecular flexibility index (Phi) is 5.07. The van der Waals surface area contributed by atoms with Crippen LogP contribution in [0.15, 0.2) is 18.2 Å². The van der Waals surface area contributed by atoms with E-state index in [1.807, 2.05) is 11.8 Å². The minimum atomic E-state index is -0.0165. The standard InChI is InChI=1S/C16H24N2O3/c1-4-21-14-8-12(7-13(17)9-14)16(19)18-6-5-11(2)15(10-18)20-3/h7-9,11,15H,4-6,10,17H2,1-3H3. The number of carbonyl (C=O) groups excluding carboxylic acids is 1. The predicted molar refractivity (Wildman–Crippen MR) is 82.5 cm³/mol. The van der Waals surface area contributed by atoms with Crippen molar-refractivity contribution in [3.05, 3.63) is 23.8 Å². The van der Waals surface area contributed by atoms with Gasteiger partial charge in [-0.15, -0.1) is 0 Å². The Labute approximate surface area is 126 Å². The van der Waals surface area contributed by atoms with Gasteiger partial charge in [0.1, 0.15) is 5.75 Å². The molecule has 0 spiro atoms. The summed E-state index contributed by atoms with van der Waals surface area (Å²) in [6.45, 7) is 5.97. The average molecular weight is 292 g/mol. The molecule has 1 amide bonds. The van der Waals surface area contributed by atoms with Gasteiger partial charge in [-0.2, -0.15) is 0 Å². The molecule has 1 fully saturated rings. The molecule has 0 bridgehead atoms. The molecule has 2 unspecified atom stereocenters. The molecule has 1 aromatic carbocycles. The number of methoxy groups -OCH3 is 1. The van der Waals surface area contributed by atoms with Gasteiger partial charge in [0.05, 0.1) is 12.7 Å². The summed E-state index contributed by atoms with van der Waals surface area (Å²) in [5.41, 5.74) is 6.97. The molecular weight excluding hydrogens is 268 g/mol. The Morgan fingerprint density at radius 2 is 2.19 bits per heavy atom. The van der Waals surface area contributed by atoms with E-state index in [0.717, 1.165) is 13.0 Å². The summed E-state index contributed by atoms with van der Waals surface area (Å²) in [4.78, 5) is 14.5. The third-order valence-electron chi connectivity index (χ3n) is 3.97. The molecule has 116 valence electrons. The van der Waals surface area contributed by atoms with Crippen molar-refractivity contribution in [1.29, 1.82) is 0 Å². The minimum absolute atomic E-state index is 0.0165. The van der Waals surface area contributed by atoms with Crippen LogP contribution in [0.25, 0.3) is 0 Å². The highest BCUT2D eigenvalue weighted by atomic mass is 16.5. The Hall–Kier alpha value is -1.75. The van der Waals surface area contributed by atoms with Crippen molar-refractivity contribution >= 4 is 11.6 Å². The summed E-state index contributed by atoms with van der Waals surface area (Å²) in [7, 11) is 1.70. The summed E-state index contributed by atoms with van der Waals surface area (Å²) in [5.74, 6) is 1.09. The van der Waals surface area contributed by atoms with E-state index in [2.05, 4.69) is 6.92 Å². The molecule has 1 aliphatic rings. The molecule has 1 aromatic rings. The van der Waals surface area contributed by atoms with E-state index in [9.17, 15) is 4.79 Å². The van der Waals surface area contributed by atoms with Crippen LogP contribution in [0.1, 0.15) is 30.6 Å². The fraction of sp³-hybridized carbons (Fsp3) is 0.562. The predicted octanol–water partition coefficient (Wildman–Crippen LogP) is 2.16. The summed E-state index contributed by atoms with van der Waals surface area (Å²) >= 11 is 0. The minimum Gasteiger partial charge on any atom is -0.494 e. The molecule has 0 radical (unpaired) electrons. The maximum Gasteiger partial charge on any atom is 0.254 e. The van der Waals surface area contributed by atoms with Gasteiger partial charge in [-0.3, -0.25) is 4.79 Å². The molecule has 2 rings (SSSR count). The summed E-state index contributed by atoms with van der Waals surface area (Å²) in [5, 5.41) is 0. The van der Waals surface area contributed by atoms with Crippen LogP contribution >= 0.6 is 0 Å². The van der Waals surface area contributed by atoms with E-state index < -0.39 is 0 Å².